The fraction of sp³-hybridized carbons (Fsp3) is 0.409. The number of hydrogen-bond donors (Lipinski definition) is 2. The summed E-state index contributed by atoms with van der Waals surface area (Å²) in [6.45, 7) is 1.84. The van der Waals surface area contributed by atoms with Gasteiger partial charge in [-0.15, -0.1) is 0 Å². The lowest BCUT2D eigenvalue weighted by Gasteiger charge is -2.29. The van der Waals surface area contributed by atoms with Gasteiger partial charge in [0.25, 0.3) is 5.91 Å². The van der Waals surface area contributed by atoms with Gasteiger partial charge in [-0.2, -0.15) is 0 Å². The summed E-state index contributed by atoms with van der Waals surface area (Å²) in [4.78, 5) is 37.7. The quantitative estimate of drug-likeness (QED) is 0.609. The number of hydrogen-bond acceptors (Lipinski definition) is 9. The molecule has 1 saturated heterocycles. The Hall–Kier alpha value is -3.64. The van der Waals surface area contributed by atoms with Gasteiger partial charge >= 0.3 is 5.97 Å². The van der Waals surface area contributed by atoms with Crippen LogP contribution in [0.5, 0.6) is 5.75 Å². The van der Waals surface area contributed by atoms with Crippen LogP contribution in [-0.4, -0.2) is 65.4 Å². The average Bonchev–Trinajstić information content (AvgIpc) is 3.33. The first-order valence-corrected chi connectivity index (χ1v) is 10.5. The maximum absolute atomic E-state index is 13.6. The van der Waals surface area contributed by atoms with Crippen LogP contribution in [0.3, 0.4) is 0 Å². The fourth-order valence-corrected chi connectivity index (χ4v) is 3.49. The molecule has 2 aliphatic heterocycles. The molecule has 1 aromatic heterocycles. The van der Waals surface area contributed by atoms with Gasteiger partial charge in [-0.1, -0.05) is 11.2 Å². The summed E-state index contributed by atoms with van der Waals surface area (Å²) in [5.41, 5.74) is 1.70. The Bertz CT molecular complexity index is 1120. The van der Waals surface area contributed by atoms with Crippen LogP contribution in [0.4, 0.5) is 4.39 Å². The number of carbonyl (C=O) groups excluding carboxylic acids is 1. The van der Waals surface area contributed by atoms with E-state index in [1.54, 1.807) is 13.0 Å². The summed E-state index contributed by atoms with van der Waals surface area (Å²) in [6.07, 6.45) is -1.02. The third kappa shape index (κ3) is 5.29. The molecule has 2 N–H and O–H groups in total. The number of carbonyl (C=O) groups is 2. The van der Waals surface area contributed by atoms with E-state index in [1.807, 2.05) is 0 Å². The van der Waals surface area contributed by atoms with Crippen LogP contribution in [0.15, 0.2) is 29.4 Å². The number of nitrogens with zero attached hydrogens (tertiary/aromatic N) is 3. The highest BCUT2D eigenvalue weighted by atomic mass is 19.1. The van der Waals surface area contributed by atoms with Gasteiger partial charge in [0.2, 0.25) is 0 Å². The van der Waals surface area contributed by atoms with Crippen molar-refractivity contribution in [2.24, 2.45) is 11.1 Å². The molecule has 0 radical (unpaired) electrons. The van der Waals surface area contributed by atoms with Crippen molar-refractivity contribution in [2.75, 3.05) is 20.3 Å². The van der Waals surface area contributed by atoms with E-state index < -0.39 is 36.0 Å². The second-order valence-electron chi connectivity index (χ2n) is 7.79. The number of halogens is 1. The maximum atomic E-state index is 13.6. The molecule has 0 aliphatic carbocycles. The molecule has 34 heavy (non-hydrogen) atoms. The minimum atomic E-state index is -0.983. The molecule has 12 heteroatoms. The third-order valence-electron chi connectivity index (χ3n) is 5.30. The molecule has 0 spiro atoms. The summed E-state index contributed by atoms with van der Waals surface area (Å²) < 4.78 is 29.5. The number of aryl methyl sites for hydroxylation is 1. The number of oxime groups is 1. The van der Waals surface area contributed by atoms with Gasteiger partial charge in [0.1, 0.15) is 23.1 Å². The Balaban J connectivity index is 1.38. The van der Waals surface area contributed by atoms with E-state index in [-0.39, 0.29) is 31.2 Å². The topological polar surface area (TPSA) is 141 Å². The zero-order chi connectivity index (χ0) is 24.2. The minimum Gasteiger partial charge on any atom is -0.494 e. The van der Waals surface area contributed by atoms with Crippen molar-refractivity contribution >= 4 is 17.6 Å². The number of benzene rings is 1. The van der Waals surface area contributed by atoms with E-state index in [1.165, 1.54) is 25.3 Å². The lowest BCUT2D eigenvalue weighted by atomic mass is 10.1. The summed E-state index contributed by atoms with van der Waals surface area (Å²) in [6, 6.07) is 5.82. The molecule has 3 heterocycles. The zero-order valence-corrected chi connectivity index (χ0v) is 18.5. The first-order chi connectivity index (χ1) is 16.3. The SMILES string of the molecule is COc1cc(CNC(=O)c2cc(C3=NO[C@H](C4OCC(C(=O)O)CO4)C3)nc(C)n2)ccc1F. The Labute approximate surface area is 193 Å². The van der Waals surface area contributed by atoms with Crippen LogP contribution in [-0.2, 0) is 25.7 Å². The van der Waals surface area contributed by atoms with Crippen LogP contribution >= 0.6 is 0 Å². The predicted octanol–water partition coefficient (Wildman–Crippen LogP) is 1.43. The van der Waals surface area contributed by atoms with E-state index in [4.69, 9.17) is 24.2 Å². The molecule has 1 aromatic carbocycles. The molecule has 2 aromatic rings. The normalized spacial score (nSPS) is 22.0. The van der Waals surface area contributed by atoms with Gasteiger partial charge in [0.15, 0.2) is 24.0 Å². The molecule has 4 rings (SSSR count). The van der Waals surface area contributed by atoms with Crippen LogP contribution in [0.1, 0.15) is 34.0 Å². The molecule has 2 aliphatic rings. The molecule has 11 nitrogen and oxygen atoms in total. The third-order valence-corrected chi connectivity index (χ3v) is 5.30. The number of amides is 1. The Morgan fingerprint density at radius 2 is 2.00 bits per heavy atom. The molecule has 0 saturated carbocycles. The highest BCUT2D eigenvalue weighted by molar-refractivity contribution is 6.02. The minimum absolute atomic E-state index is 0.0199. The van der Waals surface area contributed by atoms with Gasteiger partial charge in [-0.25, -0.2) is 14.4 Å². The maximum Gasteiger partial charge on any atom is 0.311 e. The van der Waals surface area contributed by atoms with Crippen molar-refractivity contribution in [1.29, 1.82) is 0 Å². The van der Waals surface area contributed by atoms with Crippen molar-refractivity contribution < 1.29 is 38.1 Å². The molecule has 1 fully saturated rings. The second-order valence-corrected chi connectivity index (χ2v) is 7.79. The van der Waals surface area contributed by atoms with Crippen LogP contribution in [0.2, 0.25) is 0 Å². The van der Waals surface area contributed by atoms with Crippen LogP contribution in [0, 0.1) is 18.7 Å². The molecule has 0 bridgehead atoms. The highest BCUT2D eigenvalue weighted by Crippen LogP contribution is 2.24. The summed E-state index contributed by atoms with van der Waals surface area (Å²) >= 11 is 0. The van der Waals surface area contributed by atoms with Gasteiger partial charge in [-0.05, 0) is 30.7 Å². The van der Waals surface area contributed by atoms with Crippen molar-refractivity contribution in [1.82, 2.24) is 15.3 Å². The van der Waals surface area contributed by atoms with E-state index in [0.29, 0.717) is 29.2 Å². The molecule has 0 unspecified atom stereocenters. The van der Waals surface area contributed by atoms with Gasteiger partial charge in [0, 0.05) is 13.0 Å². The number of methoxy groups -OCH3 is 1. The van der Waals surface area contributed by atoms with Crippen molar-refractivity contribution in [2.45, 2.75) is 32.3 Å². The van der Waals surface area contributed by atoms with E-state index in [0.717, 1.165) is 0 Å². The number of carboxylic acids is 1. The highest BCUT2D eigenvalue weighted by Gasteiger charge is 2.37. The van der Waals surface area contributed by atoms with Crippen molar-refractivity contribution in [3.05, 3.63) is 52.9 Å². The van der Waals surface area contributed by atoms with E-state index >= 15 is 0 Å². The number of rotatable bonds is 7. The number of aromatic nitrogens is 2. The molecular weight excluding hydrogens is 451 g/mol. The largest absolute Gasteiger partial charge is 0.494 e. The van der Waals surface area contributed by atoms with Crippen LogP contribution < -0.4 is 10.1 Å². The van der Waals surface area contributed by atoms with Gasteiger partial charge in [-0.3, -0.25) is 9.59 Å². The van der Waals surface area contributed by atoms with Gasteiger partial charge < -0.3 is 29.5 Å². The standard InChI is InChI=1S/C22H23FN4O7/c1-11-25-15(16-7-19(34-27-16)22-32-9-13(10-33-22)21(29)30)6-17(26-11)20(28)24-8-12-3-4-14(23)18(5-12)31-2/h3-6,13,19,22H,7-10H2,1-2H3,(H,24,28)(H,29,30)/t13?,19-,22?/m0/s1. The summed E-state index contributed by atoms with van der Waals surface area (Å²) in [5, 5.41) is 15.8. The van der Waals surface area contributed by atoms with E-state index in [2.05, 4.69) is 20.4 Å². The monoisotopic (exact) mass is 474 g/mol. The van der Waals surface area contributed by atoms with Crippen LogP contribution in [0.25, 0.3) is 0 Å². The second kappa shape index (κ2) is 10.1. The molecule has 180 valence electrons. The molecule has 1 atom stereocenters. The van der Waals surface area contributed by atoms with E-state index in [9.17, 15) is 14.0 Å². The number of ether oxygens (including phenoxy) is 3. The Morgan fingerprint density at radius 3 is 2.71 bits per heavy atom. The Kier molecular flexibility index (Phi) is 6.98. The zero-order valence-electron chi connectivity index (χ0n) is 18.5. The van der Waals surface area contributed by atoms with Crippen molar-refractivity contribution in [3.8, 4) is 5.75 Å². The predicted molar refractivity (Wildman–Crippen MR) is 114 cm³/mol. The average molecular weight is 474 g/mol. The summed E-state index contributed by atoms with van der Waals surface area (Å²) in [5.74, 6) is -2.18. The fourth-order valence-electron chi connectivity index (χ4n) is 3.49. The lowest BCUT2D eigenvalue weighted by molar-refractivity contribution is -0.244. The summed E-state index contributed by atoms with van der Waals surface area (Å²) in [7, 11) is 1.37. The number of aliphatic carboxylic acids is 1. The first kappa shape index (κ1) is 23.5. The molecule has 1 amide bonds. The lowest BCUT2D eigenvalue weighted by Crippen LogP contribution is -2.42. The Morgan fingerprint density at radius 1 is 1.24 bits per heavy atom. The molecular formula is C22H23FN4O7. The smallest absolute Gasteiger partial charge is 0.311 e. The number of carboxylic acid groups (broad SMARTS) is 1. The van der Waals surface area contributed by atoms with Gasteiger partial charge in [0.05, 0.1) is 26.0 Å². The van der Waals surface area contributed by atoms with Crippen molar-refractivity contribution in [3.63, 3.8) is 0 Å². The first-order valence-electron chi connectivity index (χ1n) is 10.5. The number of nitrogens with one attached hydrogen (secondary N) is 1.